The lowest BCUT2D eigenvalue weighted by atomic mass is 9.73. The van der Waals surface area contributed by atoms with E-state index in [-0.39, 0.29) is 53.9 Å². The van der Waals surface area contributed by atoms with Crippen LogP contribution in [0.15, 0.2) is 48.7 Å². The number of alkyl halides is 3. The Bertz CT molecular complexity index is 1730. The molecule has 3 aliphatic rings. The summed E-state index contributed by atoms with van der Waals surface area (Å²) in [6, 6.07) is 8.52. The van der Waals surface area contributed by atoms with Crippen LogP contribution in [0.3, 0.4) is 0 Å². The second kappa shape index (κ2) is 11.5. The monoisotopic (exact) mass is 654 g/mol. The van der Waals surface area contributed by atoms with Crippen LogP contribution >= 0.6 is 0 Å². The number of fused-ring (bicyclic) bond motifs is 4. The number of rotatable bonds is 6. The predicted octanol–water partition coefficient (Wildman–Crippen LogP) is 7.89. The third-order valence-corrected chi connectivity index (χ3v) is 9.23. The summed E-state index contributed by atoms with van der Waals surface area (Å²) in [4.78, 5) is 31.6. The van der Waals surface area contributed by atoms with Crippen molar-refractivity contribution in [3.8, 4) is 5.88 Å². The number of carbonyl (C=O) groups excluding carboxylic acids is 2. The quantitative estimate of drug-likeness (QED) is 0.199. The van der Waals surface area contributed by atoms with Crippen LogP contribution in [0.1, 0.15) is 92.4 Å². The molecule has 6 rings (SSSR count). The third-order valence-electron chi connectivity index (χ3n) is 9.23. The molecule has 47 heavy (non-hydrogen) atoms. The lowest BCUT2D eigenvalue weighted by Gasteiger charge is -2.46. The van der Waals surface area contributed by atoms with Gasteiger partial charge >= 0.3 is 18.2 Å². The number of pyridine rings is 1. The lowest BCUT2D eigenvalue weighted by molar-refractivity contribution is -0.145. The molecule has 0 radical (unpaired) electrons. The van der Waals surface area contributed by atoms with Crippen molar-refractivity contribution in [1.82, 2.24) is 9.88 Å². The molecule has 2 aromatic carbocycles. The van der Waals surface area contributed by atoms with Gasteiger partial charge in [-0.1, -0.05) is 32.0 Å². The van der Waals surface area contributed by atoms with Crippen LogP contribution in [-0.2, 0) is 38.9 Å². The number of amides is 1. The molecule has 2 heterocycles. The fourth-order valence-electron chi connectivity index (χ4n) is 7.21. The summed E-state index contributed by atoms with van der Waals surface area (Å²) in [5, 5.41) is 0. The third kappa shape index (κ3) is 6.16. The minimum Gasteiger partial charge on any atom is -0.473 e. The Labute approximate surface area is 271 Å². The number of carbonyl (C=O) groups is 2. The number of halogens is 4. The summed E-state index contributed by atoms with van der Waals surface area (Å²) in [5.74, 6) is -0.403. The Kier molecular flexibility index (Phi) is 8.04. The molecule has 0 unspecified atom stereocenters. The summed E-state index contributed by atoms with van der Waals surface area (Å²) in [5.41, 5.74) is 0.194. The smallest absolute Gasteiger partial charge is 0.416 e. The molecule has 0 saturated heterocycles. The van der Waals surface area contributed by atoms with E-state index in [0.717, 1.165) is 17.2 Å². The number of benzene rings is 2. The highest BCUT2D eigenvalue weighted by molar-refractivity contribution is 5.79. The topological polar surface area (TPSA) is 78.0 Å². The first-order valence-corrected chi connectivity index (χ1v) is 15.8. The zero-order chi connectivity index (χ0) is 34.1. The molecule has 0 N–H and O–H groups in total. The maximum atomic E-state index is 15.7. The highest BCUT2D eigenvalue weighted by Crippen LogP contribution is 2.62. The summed E-state index contributed by atoms with van der Waals surface area (Å²) in [6.07, 6.45) is -3.11. The molecule has 1 fully saturated rings. The van der Waals surface area contributed by atoms with E-state index in [1.54, 1.807) is 40.0 Å². The normalized spacial score (nSPS) is 22.6. The molecule has 7 nitrogen and oxygen atoms in total. The average Bonchev–Trinajstić information content (AvgIpc) is 3.56. The minimum absolute atomic E-state index is 0.000878. The first-order chi connectivity index (χ1) is 22.0. The molecule has 1 amide bonds. The molecule has 0 spiro atoms. The predicted molar refractivity (Wildman–Crippen MR) is 164 cm³/mol. The van der Waals surface area contributed by atoms with E-state index in [9.17, 15) is 22.8 Å². The van der Waals surface area contributed by atoms with Gasteiger partial charge in [-0.2, -0.15) is 13.2 Å². The number of hydrogen-bond donors (Lipinski definition) is 0. The summed E-state index contributed by atoms with van der Waals surface area (Å²) in [7, 11) is 0. The van der Waals surface area contributed by atoms with Crippen LogP contribution in [0.4, 0.5) is 22.4 Å². The van der Waals surface area contributed by atoms with Gasteiger partial charge in [-0.25, -0.2) is 14.2 Å². The molecule has 1 aromatic heterocycles. The van der Waals surface area contributed by atoms with E-state index < -0.39 is 40.7 Å². The van der Waals surface area contributed by atoms with Crippen LogP contribution in [0.25, 0.3) is 0 Å². The molecular formula is C36H38F4N2O5. The second-order valence-corrected chi connectivity index (χ2v) is 14.2. The van der Waals surface area contributed by atoms with E-state index >= 15 is 4.39 Å². The van der Waals surface area contributed by atoms with Gasteiger partial charge in [0.15, 0.2) is 0 Å². The van der Waals surface area contributed by atoms with Gasteiger partial charge in [-0.05, 0) is 86.1 Å². The highest BCUT2D eigenvalue weighted by Gasteiger charge is 2.60. The fraction of sp³-hybridized carbons (Fsp3) is 0.472. The Hall–Kier alpha value is -4.15. The van der Waals surface area contributed by atoms with Crippen LogP contribution in [0.5, 0.6) is 5.88 Å². The molecule has 11 heteroatoms. The maximum absolute atomic E-state index is 15.7. The molecule has 1 saturated carbocycles. The minimum atomic E-state index is -4.70. The van der Waals surface area contributed by atoms with Crippen molar-refractivity contribution in [2.24, 2.45) is 11.8 Å². The summed E-state index contributed by atoms with van der Waals surface area (Å²) in [6.45, 7) is 10.6. The van der Waals surface area contributed by atoms with E-state index in [4.69, 9.17) is 14.2 Å². The van der Waals surface area contributed by atoms with Crippen LogP contribution < -0.4 is 4.74 Å². The summed E-state index contributed by atoms with van der Waals surface area (Å²) < 4.78 is 75.6. The first-order valence-electron chi connectivity index (χ1n) is 15.8. The van der Waals surface area contributed by atoms with Crippen molar-refractivity contribution in [2.45, 2.75) is 83.7 Å². The van der Waals surface area contributed by atoms with Crippen LogP contribution in [-0.4, -0.2) is 40.7 Å². The fourth-order valence-corrected chi connectivity index (χ4v) is 7.21. The largest absolute Gasteiger partial charge is 0.473 e. The van der Waals surface area contributed by atoms with Crippen LogP contribution in [0.2, 0.25) is 0 Å². The Morgan fingerprint density at radius 2 is 1.77 bits per heavy atom. The number of aromatic nitrogens is 1. The molecule has 4 atom stereocenters. The zero-order valence-corrected chi connectivity index (χ0v) is 27.2. The van der Waals surface area contributed by atoms with Gasteiger partial charge in [0.1, 0.15) is 18.0 Å². The van der Waals surface area contributed by atoms with Crippen molar-refractivity contribution in [2.75, 3.05) is 13.2 Å². The number of esters is 1. The van der Waals surface area contributed by atoms with Gasteiger partial charge < -0.3 is 14.2 Å². The number of hydrogen-bond acceptors (Lipinski definition) is 6. The van der Waals surface area contributed by atoms with Crippen molar-refractivity contribution in [1.29, 1.82) is 0 Å². The Morgan fingerprint density at radius 3 is 2.45 bits per heavy atom. The summed E-state index contributed by atoms with van der Waals surface area (Å²) >= 11 is 0. The standard InChI is InChI=1S/C36H38F4N2O5/c1-7-45-32(43)30-23-12-19-14-28(41-16-24(19)29(23)30)46-17-20-13-22-26(15-27(20)37)35(5,6)18-42(33(44)47-34(2,3)4)31(22)21-10-8-9-11-25(21)36(38,39)40/h8-11,13-16,23,29-31H,7,12,17-18H2,1-6H3/t23-,29-,30+,31+/m1/s1. The van der Waals surface area contributed by atoms with E-state index in [1.807, 2.05) is 13.8 Å². The second-order valence-electron chi connectivity index (χ2n) is 14.2. The van der Waals surface area contributed by atoms with Gasteiger partial charge in [-0.3, -0.25) is 9.69 Å². The van der Waals surface area contributed by atoms with E-state index in [1.165, 1.54) is 35.2 Å². The van der Waals surface area contributed by atoms with Gasteiger partial charge in [0.05, 0.1) is 24.1 Å². The SMILES string of the molecule is CCOC(=O)[C@H]1[C@@H]2Cc3cc(OCc4cc5c(cc4F)C(C)(C)CN(C(=O)OC(C)(C)C)[C@H]5c4ccccc4C(F)(F)F)ncc3[C@@H]21. The van der Waals surface area contributed by atoms with Gasteiger partial charge in [0.2, 0.25) is 5.88 Å². The molecule has 250 valence electrons. The molecule has 0 bridgehead atoms. The molecule has 1 aliphatic heterocycles. The molecule has 3 aromatic rings. The van der Waals surface area contributed by atoms with Gasteiger partial charge in [-0.15, -0.1) is 0 Å². The maximum Gasteiger partial charge on any atom is 0.416 e. The van der Waals surface area contributed by atoms with E-state index in [2.05, 4.69) is 4.98 Å². The molecule has 2 aliphatic carbocycles. The molecular weight excluding hydrogens is 616 g/mol. The number of ether oxygens (including phenoxy) is 3. The number of nitrogens with zero attached hydrogens (tertiary/aromatic N) is 2. The van der Waals surface area contributed by atoms with Gasteiger partial charge in [0.25, 0.3) is 0 Å². The van der Waals surface area contributed by atoms with Crippen molar-refractivity contribution in [3.05, 3.63) is 93.4 Å². The lowest BCUT2D eigenvalue weighted by Crippen LogP contribution is -2.50. The van der Waals surface area contributed by atoms with Gasteiger partial charge in [0, 0.05) is 35.7 Å². The first kappa shape index (κ1) is 32.8. The van der Waals surface area contributed by atoms with Crippen molar-refractivity contribution < 1.29 is 41.4 Å². The zero-order valence-electron chi connectivity index (χ0n) is 27.2. The Morgan fingerprint density at radius 1 is 1.04 bits per heavy atom. The highest BCUT2D eigenvalue weighted by atomic mass is 19.4. The van der Waals surface area contributed by atoms with Crippen molar-refractivity contribution in [3.63, 3.8) is 0 Å². The van der Waals surface area contributed by atoms with Crippen molar-refractivity contribution >= 4 is 12.1 Å². The van der Waals surface area contributed by atoms with E-state index in [0.29, 0.717) is 24.2 Å². The van der Waals surface area contributed by atoms with Crippen LogP contribution in [0, 0.1) is 17.7 Å². The average molecular weight is 655 g/mol. The Balaban J connectivity index is 1.34.